The lowest BCUT2D eigenvalue weighted by Crippen LogP contribution is -2.35. The van der Waals surface area contributed by atoms with Crippen LogP contribution in [0.3, 0.4) is 0 Å². The Bertz CT molecular complexity index is 296. The Morgan fingerprint density at radius 3 is 2.13 bits per heavy atom. The van der Waals surface area contributed by atoms with E-state index in [-0.39, 0.29) is 0 Å². The maximum atomic E-state index is 4.41. The van der Waals surface area contributed by atoms with Crippen molar-refractivity contribution >= 4 is 12.0 Å². The van der Waals surface area contributed by atoms with E-state index in [0.717, 1.165) is 5.69 Å². The first-order valence-corrected chi connectivity index (χ1v) is 5.33. The molecule has 0 aliphatic carbocycles. The van der Waals surface area contributed by atoms with E-state index in [1.54, 1.807) is 12.4 Å². The molecular formula is C12H19N3. The molecule has 0 spiro atoms. The highest BCUT2D eigenvalue weighted by molar-refractivity contribution is 5.61. The van der Waals surface area contributed by atoms with E-state index in [1.807, 2.05) is 18.5 Å². The van der Waals surface area contributed by atoms with Gasteiger partial charge in [-0.1, -0.05) is 0 Å². The molecule has 0 bridgehead atoms. The number of hydrogen-bond acceptors (Lipinski definition) is 2. The lowest BCUT2D eigenvalue weighted by Gasteiger charge is -2.28. The van der Waals surface area contributed by atoms with Gasteiger partial charge in [-0.3, -0.25) is 4.98 Å². The molecule has 3 nitrogen and oxygen atoms in total. The fourth-order valence-electron chi connectivity index (χ4n) is 1.43. The third-order valence-corrected chi connectivity index (χ3v) is 2.20. The summed E-state index contributed by atoms with van der Waals surface area (Å²) >= 11 is 0. The Hall–Kier alpha value is -1.38. The Balaban J connectivity index is 2.70. The first-order chi connectivity index (χ1) is 7.11. The fourth-order valence-corrected chi connectivity index (χ4v) is 1.43. The summed E-state index contributed by atoms with van der Waals surface area (Å²) in [6.45, 7) is 8.66. The monoisotopic (exact) mass is 205 g/mol. The molecule has 15 heavy (non-hydrogen) atoms. The summed E-state index contributed by atoms with van der Waals surface area (Å²) in [5.41, 5.74) is 0.941. The molecule has 0 aliphatic heterocycles. The molecule has 0 amide bonds. The molecule has 0 atom stereocenters. The van der Waals surface area contributed by atoms with E-state index in [4.69, 9.17) is 0 Å². The molecule has 1 rings (SSSR count). The second-order valence-electron chi connectivity index (χ2n) is 4.08. The van der Waals surface area contributed by atoms with Crippen LogP contribution >= 0.6 is 0 Å². The van der Waals surface area contributed by atoms with E-state index in [2.05, 4.69) is 42.6 Å². The second-order valence-corrected chi connectivity index (χ2v) is 4.08. The van der Waals surface area contributed by atoms with E-state index in [1.165, 1.54) is 0 Å². The molecule has 0 fully saturated rings. The summed E-state index contributed by atoms with van der Waals surface area (Å²) in [6, 6.07) is 4.73. The van der Waals surface area contributed by atoms with Crippen LogP contribution in [-0.2, 0) is 0 Å². The quantitative estimate of drug-likeness (QED) is 0.558. The number of aliphatic imine (C=N–C) groups is 1. The highest BCUT2D eigenvalue weighted by atomic mass is 15.2. The first kappa shape index (κ1) is 11.7. The molecule has 0 saturated carbocycles. The van der Waals surface area contributed by atoms with Gasteiger partial charge in [-0.2, -0.15) is 0 Å². The zero-order valence-electron chi connectivity index (χ0n) is 9.88. The van der Waals surface area contributed by atoms with Gasteiger partial charge in [0.15, 0.2) is 0 Å². The maximum absolute atomic E-state index is 4.41. The lowest BCUT2D eigenvalue weighted by atomic mass is 10.2. The normalized spacial score (nSPS) is 11.6. The molecule has 1 heterocycles. The molecule has 0 aliphatic rings. The molecule has 0 aromatic carbocycles. The van der Waals surface area contributed by atoms with Gasteiger partial charge in [0.2, 0.25) is 0 Å². The minimum Gasteiger partial charge on any atom is -0.358 e. The topological polar surface area (TPSA) is 28.5 Å². The van der Waals surface area contributed by atoms with Crippen molar-refractivity contribution in [1.29, 1.82) is 0 Å². The van der Waals surface area contributed by atoms with E-state index >= 15 is 0 Å². The summed E-state index contributed by atoms with van der Waals surface area (Å²) in [7, 11) is 0. The number of aromatic nitrogens is 1. The van der Waals surface area contributed by atoms with Crippen molar-refractivity contribution in [3.8, 4) is 0 Å². The van der Waals surface area contributed by atoms with Crippen LogP contribution in [0.1, 0.15) is 27.7 Å². The lowest BCUT2D eigenvalue weighted by molar-refractivity contribution is 0.301. The average molecular weight is 205 g/mol. The minimum absolute atomic E-state index is 0.468. The smallest absolute Gasteiger partial charge is 0.0916 e. The fraction of sp³-hybridized carbons (Fsp3) is 0.500. The van der Waals surface area contributed by atoms with Crippen LogP contribution in [0.4, 0.5) is 5.69 Å². The summed E-state index contributed by atoms with van der Waals surface area (Å²) in [5.74, 6) is 0. The summed E-state index contributed by atoms with van der Waals surface area (Å²) < 4.78 is 0. The van der Waals surface area contributed by atoms with Gasteiger partial charge >= 0.3 is 0 Å². The summed E-state index contributed by atoms with van der Waals surface area (Å²) in [6.07, 6.45) is 5.41. The largest absolute Gasteiger partial charge is 0.358 e. The van der Waals surface area contributed by atoms with Crippen molar-refractivity contribution in [2.24, 2.45) is 4.99 Å². The highest BCUT2D eigenvalue weighted by Crippen LogP contribution is 2.09. The van der Waals surface area contributed by atoms with Gasteiger partial charge in [0.25, 0.3) is 0 Å². The number of rotatable bonds is 4. The third-order valence-electron chi connectivity index (χ3n) is 2.20. The van der Waals surface area contributed by atoms with E-state index in [9.17, 15) is 0 Å². The van der Waals surface area contributed by atoms with Crippen LogP contribution in [0.15, 0.2) is 29.5 Å². The predicted molar refractivity (Wildman–Crippen MR) is 64.5 cm³/mol. The molecule has 3 heteroatoms. The molecule has 1 aromatic rings. The average Bonchev–Trinajstić information content (AvgIpc) is 2.18. The second kappa shape index (κ2) is 5.49. The zero-order valence-corrected chi connectivity index (χ0v) is 9.88. The van der Waals surface area contributed by atoms with Crippen LogP contribution in [0, 0.1) is 0 Å². The molecular weight excluding hydrogens is 186 g/mol. The minimum atomic E-state index is 0.468. The van der Waals surface area contributed by atoms with Crippen LogP contribution in [0.2, 0.25) is 0 Å². The Morgan fingerprint density at radius 1 is 1.13 bits per heavy atom. The Labute approximate surface area is 91.9 Å². The zero-order chi connectivity index (χ0) is 11.3. The van der Waals surface area contributed by atoms with Crippen molar-refractivity contribution in [1.82, 2.24) is 9.88 Å². The van der Waals surface area contributed by atoms with Crippen LogP contribution in [-0.4, -0.2) is 28.3 Å². The summed E-state index contributed by atoms with van der Waals surface area (Å²) in [5, 5.41) is 0. The van der Waals surface area contributed by atoms with Gasteiger partial charge in [-0.15, -0.1) is 0 Å². The molecule has 0 unspecified atom stereocenters. The van der Waals surface area contributed by atoms with E-state index < -0.39 is 0 Å². The number of nitrogens with zero attached hydrogens (tertiary/aromatic N) is 3. The van der Waals surface area contributed by atoms with Crippen molar-refractivity contribution in [3.63, 3.8) is 0 Å². The van der Waals surface area contributed by atoms with Gasteiger partial charge in [0.05, 0.1) is 12.0 Å². The van der Waals surface area contributed by atoms with Crippen molar-refractivity contribution in [3.05, 3.63) is 24.5 Å². The first-order valence-electron chi connectivity index (χ1n) is 5.33. The Morgan fingerprint density at radius 2 is 1.67 bits per heavy atom. The maximum Gasteiger partial charge on any atom is 0.0916 e. The van der Waals surface area contributed by atoms with Crippen molar-refractivity contribution < 1.29 is 0 Å². The number of hydrogen-bond donors (Lipinski definition) is 0. The van der Waals surface area contributed by atoms with Gasteiger partial charge < -0.3 is 4.90 Å². The molecule has 82 valence electrons. The van der Waals surface area contributed by atoms with E-state index in [0.29, 0.717) is 12.1 Å². The molecule has 1 aromatic heterocycles. The predicted octanol–water partition coefficient (Wildman–Crippen LogP) is 2.86. The Kier molecular flexibility index (Phi) is 4.28. The van der Waals surface area contributed by atoms with Gasteiger partial charge in [0, 0.05) is 24.5 Å². The van der Waals surface area contributed by atoms with Crippen LogP contribution < -0.4 is 0 Å². The number of pyridine rings is 1. The molecule has 0 saturated heterocycles. The van der Waals surface area contributed by atoms with Crippen LogP contribution in [0.25, 0.3) is 0 Å². The van der Waals surface area contributed by atoms with Crippen LogP contribution in [0.5, 0.6) is 0 Å². The van der Waals surface area contributed by atoms with Crippen molar-refractivity contribution in [2.75, 3.05) is 0 Å². The highest BCUT2D eigenvalue weighted by Gasteiger charge is 2.08. The standard InChI is InChI=1S/C12H19N3/c1-10(2)15(11(3)4)9-14-12-5-7-13-8-6-12/h5-11H,1-4H3. The molecule has 0 N–H and O–H groups in total. The molecule has 0 radical (unpaired) electrons. The van der Waals surface area contributed by atoms with Crippen molar-refractivity contribution in [2.45, 2.75) is 39.8 Å². The summed E-state index contributed by atoms with van der Waals surface area (Å²) in [4.78, 5) is 10.6. The van der Waals surface area contributed by atoms with Gasteiger partial charge in [-0.05, 0) is 39.8 Å². The SMILES string of the molecule is CC(C)N(C=Nc1ccncc1)C(C)C. The van der Waals surface area contributed by atoms with Gasteiger partial charge in [-0.25, -0.2) is 4.99 Å². The van der Waals surface area contributed by atoms with Gasteiger partial charge in [0.1, 0.15) is 0 Å². The third kappa shape index (κ3) is 3.70.